The molecule has 0 N–H and O–H groups in total. The molecule has 1 aliphatic heterocycles. The molecule has 0 aliphatic carbocycles. The Bertz CT molecular complexity index is 548. The fourth-order valence-electron chi connectivity index (χ4n) is 2.30. The summed E-state index contributed by atoms with van der Waals surface area (Å²) in [6, 6.07) is 10.6. The van der Waals surface area contributed by atoms with Gasteiger partial charge < -0.3 is 0 Å². The average molecular weight is 428 g/mol. The molecule has 1 heterocycles. The van der Waals surface area contributed by atoms with Crippen molar-refractivity contribution in [1.29, 1.82) is 0 Å². The molecule has 2 rings (SSSR count). The summed E-state index contributed by atoms with van der Waals surface area (Å²) in [6.45, 7) is 17.7. The van der Waals surface area contributed by atoms with Crippen LogP contribution in [0.1, 0.15) is 27.2 Å². The summed E-state index contributed by atoms with van der Waals surface area (Å²) in [5.41, 5.74) is 1.15. The summed E-state index contributed by atoms with van der Waals surface area (Å²) in [7, 11) is -1.74. The van der Waals surface area contributed by atoms with Crippen molar-refractivity contribution in [3.05, 3.63) is 42.5 Å². The van der Waals surface area contributed by atoms with Crippen molar-refractivity contribution < 1.29 is 13.9 Å². The molecule has 3 nitrogen and oxygen atoms in total. The van der Waals surface area contributed by atoms with E-state index in [4.69, 9.17) is 13.9 Å². The molecule has 1 aromatic rings. The van der Waals surface area contributed by atoms with Crippen LogP contribution in [0.5, 0.6) is 0 Å². The third-order valence-corrected chi connectivity index (χ3v) is 12.0. The van der Waals surface area contributed by atoms with Crippen molar-refractivity contribution >= 4 is 27.7 Å². The van der Waals surface area contributed by atoms with Crippen LogP contribution in [0.2, 0.25) is 22.9 Å². The Labute approximate surface area is 160 Å². The molecule has 1 saturated heterocycles. The quantitative estimate of drug-likeness (QED) is 0.461. The van der Waals surface area contributed by atoms with Gasteiger partial charge in [0, 0.05) is 0 Å². The normalized spacial score (nSPS) is 17.6. The molecule has 1 aromatic carbocycles. The van der Waals surface area contributed by atoms with Crippen LogP contribution in [0.4, 0.5) is 0 Å². The van der Waals surface area contributed by atoms with E-state index in [0.717, 1.165) is 12.0 Å². The van der Waals surface area contributed by atoms with Crippen LogP contribution in [-0.2, 0) is 13.9 Å². The zero-order chi connectivity index (χ0) is 18.5. The van der Waals surface area contributed by atoms with Crippen molar-refractivity contribution in [3.8, 4) is 0 Å². The van der Waals surface area contributed by atoms with Gasteiger partial charge in [-0.3, -0.25) is 0 Å². The third kappa shape index (κ3) is 6.35. The molecular weight excluding hydrogens is 395 g/mol. The number of hydrogen-bond donors (Lipinski definition) is 0. The van der Waals surface area contributed by atoms with Crippen LogP contribution in [0.25, 0.3) is 0 Å². The molecule has 0 aromatic heterocycles. The molecule has 1 fully saturated rings. The number of hydrogen-bond acceptors (Lipinski definition) is 3. The molecular formula is C20H32O3SeSi. The first-order chi connectivity index (χ1) is 11.7. The molecule has 25 heavy (non-hydrogen) atoms. The fraction of sp³-hybridized carbons (Fsp3) is 0.600. The van der Waals surface area contributed by atoms with Gasteiger partial charge in [-0.15, -0.1) is 0 Å². The van der Waals surface area contributed by atoms with Crippen molar-refractivity contribution in [2.24, 2.45) is 0 Å². The van der Waals surface area contributed by atoms with Gasteiger partial charge in [-0.2, -0.15) is 0 Å². The monoisotopic (exact) mass is 428 g/mol. The molecule has 0 amide bonds. The van der Waals surface area contributed by atoms with Gasteiger partial charge in [0.05, 0.1) is 0 Å². The maximum atomic E-state index is 6.33. The predicted molar refractivity (Wildman–Crippen MR) is 108 cm³/mol. The Hall–Kier alpha value is -0.424. The summed E-state index contributed by atoms with van der Waals surface area (Å²) in [6.07, 6.45) is 0.790. The van der Waals surface area contributed by atoms with Crippen LogP contribution in [0, 0.1) is 0 Å². The van der Waals surface area contributed by atoms with Gasteiger partial charge in [0.1, 0.15) is 0 Å². The Morgan fingerprint density at radius 1 is 1.24 bits per heavy atom. The second-order valence-electron chi connectivity index (χ2n) is 8.08. The van der Waals surface area contributed by atoms with E-state index in [2.05, 4.69) is 70.8 Å². The van der Waals surface area contributed by atoms with Crippen LogP contribution in [0.15, 0.2) is 42.5 Å². The maximum absolute atomic E-state index is 6.33. The van der Waals surface area contributed by atoms with Gasteiger partial charge in [0.15, 0.2) is 0 Å². The summed E-state index contributed by atoms with van der Waals surface area (Å²) < 4.78 is 19.3. The fourth-order valence-corrected chi connectivity index (χ4v) is 5.92. The first-order valence-electron chi connectivity index (χ1n) is 8.94. The molecule has 0 radical (unpaired) electrons. The van der Waals surface area contributed by atoms with Crippen molar-refractivity contribution in [2.75, 3.05) is 19.8 Å². The topological polar surface area (TPSA) is 27.7 Å². The van der Waals surface area contributed by atoms with E-state index in [9.17, 15) is 0 Å². The van der Waals surface area contributed by atoms with E-state index < -0.39 is 8.32 Å². The van der Waals surface area contributed by atoms with Gasteiger partial charge in [0.2, 0.25) is 0 Å². The summed E-state index contributed by atoms with van der Waals surface area (Å²) in [4.78, 5) is 0.341. The second kappa shape index (κ2) is 8.98. The SMILES string of the molecule is C=C(CO[Si](C)(C)C(C)(C)C)CC([Se]c1ccccc1)C1OCCO1. The predicted octanol–water partition coefficient (Wildman–Crippen LogP) is 4.15. The number of benzene rings is 1. The minimum atomic E-state index is -1.74. The van der Waals surface area contributed by atoms with Crippen molar-refractivity contribution in [3.63, 3.8) is 0 Å². The molecule has 1 atom stereocenters. The Balaban J connectivity index is 1.95. The van der Waals surface area contributed by atoms with Crippen LogP contribution >= 0.6 is 0 Å². The molecule has 0 spiro atoms. The van der Waals surface area contributed by atoms with E-state index in [1.165, 1.54) is 4.46 Å². The summed E-state index contributed by atoms with van der Waals surface area (Å²) >= 11 is 0.288. The van der Waals surface area contributed by atoms with E-state index in [-0.39, 0.29) is 26.3 Å². The molecule has 5 heteroatoms. The minimum absolute atomic E-state index is 0.107. The first kappa shape index (κ1) is 20.9. The van der Waals surface area contributed by atoms with Crippen molar-refractivity contribution in [2.45, 2.75) is 56.4 Å². The van der Waals surface area contributed by atoms with E-state index in [1.54, 1.807) is 0 Å². The van der Waals surface area contributed by atoms with Gasteiger partial charge in [-0.1, -0.05) is 0 Å². The Morgan fingerprint density at radius 3 is 2.40 bits per heavy atom. The second-order valence-corrected chi connectivity index (χ2v) is 15.6. The zero-order valence-corrected chi connectivity index (χ0v) is 18.9. The summed E-state index contributed by atoms with van der Waals surface area (Å²) in [5, 5.41) is 0.221. The molecule has 0 bridgehead atoms. The zero-order valence-electron chi connectivity index (χ0n) is 16.2. The standard InChI is InChI=1S/C20H32O3SeSi/c1-16(15-23-25(5,6)20(2,3)4)14-18(19-21-12-13-22-19)24-17-10-8-7-9-11-17/h7-11,18-19H,1,12-15H2,2-6H3. The van der Waals surface area contributed by atoms with Gasteiger partial charge in [0.25, 0.3) is 0 Å². The van der Waals surface area contributed by atoms with E-state index >= 15 is 0 Å². The van der Waals surface area contributed by atoms with Gasteiger partial charge in [-0.05, 0) is 0 Å². The van der Waals surface area contributed by atoms with Gasteiger partial charge >= 0.3 is 160 Å². The number of ether oxygens (including phenoxy) is 2. The van der Waals surface area contributed by atoms with E-state index in [1.807, 2.05) is 0 Å². The van der Waals surface area contributed by atoms with Crippen LogP contribution in [-0.4, -0.2) is 49.4 Å². The number of rotatable bonds is 8. The third-order valence-electron chi connectivity index (χ3n) is 4.91. The summed E-state index contributed by atoms with van der Waals surface area (Å²) in [5.74, 6) is 0. The molecule has 140 valence electrons. The Kier molecular flexibility index (Phi) is 7.50. The van der Waals surface area contributed by atoms with E-state index in [0.29, 0.717) is 24.6 Å². The average Bonchev–Trinajstić information content (AvgIpc) is 3.07. The molecule has 1 aliphatic rings. The van der Waals surface area contributed by atoms with Crippen LogP contribution < -0.4 is 4.46 Å². The van der Waals surface area contributed by atoms with Crippen LogP contribution in [0.3, 0.4) is 0 Å². The first-order valence-corrected chi connectivity index (χ1v) is 13.7. The molecule has 1 unspecified atom stereocenters. The van der Waals surface area contributed by atoms with Gasteiger partial charge in [-0.25, -0.2) is 0 Å². The Morgan fingerprint density at radius 2 is 1.84 bits per heavy atom. The van der Waals surface area contributed by atoms with Crippen molar-refractivity contribution in [1.82, 2.24) is 0 Å². The molecule has 0 saturated carbocycles.